The molecule has 0 amide bonds. The fourth-order valence-corrected chi connectivity index (χ4v) is 1.27. The van der Waals surface area contributed by atoms with E-state index in [2.05, 4.69) is 6.92 Å². The molecule has 0 saturated heterocycles. The van der Waals surface area contributed by atoms with Gasteiger partial charge in [0, 0.05) is 18.8 Å². The van der Waals surface area contributed by atoms with E-state index >= 15 is 0 Å². The fraction of sp³-hybridized carbons (Fsp3) is 0.500. The summed E-state index contributed by atoms with van der Waals surface area (Å²) < 4.78 is 1.58. The number of unbranched alkanes of at least 4 members (excludes halogenated alkanes) is 1. The number of aromatic nitrogens is 1. The van der Waals surface area contributed by atoms with Gasteiger partial charge in [-0.3, -0.25) is 4.79 Å². The lowest BCUT2D eigenvalue weighted by Crippen LogP contribution is -2.18. The van der Waals surface area contributed by atoms with Gasteiger partial charge in [0.25, 0.3) is 5.56 Å². The molecule has 1 rings (SSSR count). The zero-order valence-electron chi connectivity index (χ0n) is 8.08. The Hall–Kier alpha value is -1.25. The minimum Gasteiger partial charge on any atom is -0.508 e. The van der Waals surface area contributed by atoms with E-state index in [4.69, 9.17) is 0 Å². The zero-order valence-corrected chi connectivity index (χ0v) is 8.08. The SMILES string of the molecule is CCCCc1cc(O)cc(=O)n1C. The number of hydrogen-bond acceptors (Lipinski definition) is 2. The van der Waals surface area contributed by atoms with Gasteiger partial charge in [-0.05, 0) is 18.9 Å². The second kappa shape index (κ2) is 4.12. The third-order valence-electron chi connectivity index (χ3n) is 2.13. The summed E-state index contributed by atoms with van der Waals surface area (Å²) in [6, 6.07) is 2.88. The molecule has 0 aliphatic rings. The molecule has 0 spiro atoms. The Morgan fingerprint density at radius 3 is 2.77 bits per heavy atom. The highest BCUT2D eigenvalue weighted by molar-refractivity contribution is 5.22. The van der Waals surface area contributed by atoms with Crippen molar-refractivity contribution in [3.05, 3.63) is 28.2 Å². The number of hydrogen-bond donors (Lipinski definition) is 1. The van der Waals surface area contributed by atoms with E-state index in [-0.39, 0.29) is 11.3 Å². The van der Waals surface area contributed by atoms with Crippen LogP contribution in [0.15, 0.2) is 16.9 Å². The smallest absolute Gasteiger partial charge is 0.254 e. The third-order valence-corrected chi connectivity index (χ3v) is 2.13. The maximum Gasteiger partial charge on any atom is 0.254 e. The Balaban J connectivity index is 2.99. The van der Waals surface area contributed by atoms with Gasteiger partial charge in [0.15, 0.2) is 0 Å². The van der Waals surface area contributed by atoms with Crippen LogP contribution in [0.5, 0.6) is 5.75 Å². The van der Waals surface area contributed by atoms with Gasteiger partial charge in [-0.1, -0.05) is 13.3 Å². The molecule has 3 nitrogen and oxygen atoms in total. The predicted octanol–water partition coefficient (Wildman–Crippen LogP) is 1.43. The van der Waals surface area contributed by atoms with E-state index in [1.807, 2.05) is 0 Å². The molecule has 0 aromatic carbocycles. The highest BCUT2D eigenvalue weighted by Crippen LogP contribution is 2.09. The van der Waals surface area contributed by atoms with Crippen LogP contribution >= 0.6 is 0 Å². The van der Waals surface area contributed by atoms with Crippen molar-refractivity contribution in [1.82, 2.24) is 4.57 Å². The van der Waals surface area contributed by atoms with Crippen molar-refractivity contribution >= 4 is 0 Å². The Morgan fingerprint density at radius 2 is 2.15 bits per heavy atom. The molecule has 0 unspecified atom stereocenters. The molecular formula is C10H15NO2. The van der Waals surface area contributed by atoms with Gasteiger partial charge in [-0.25, -0.2) is 0 Å². The second-order valence-electron chi connectivity index (χ2n) is 3.21. The number of pyridine rings is 1. The Labute approximate surface area is 77.6 Å². The first kappa shape index (κ1) is 9.84. The monoisotopic (exact) mass is 181 g/mol. The summed E-state index contributed by atoms with van der Waals surface area (Å²) >= 11 is 0. The minimum atomic E-state index is -0.147. The molecule has 0 fully saturated rings. The largest absolute Gasteiger partial charge is 0.508 e. The van der Waals surface area contributed by atoms with Gasteiger partial charge < -0.3 is 9.67 Å². The summed E-state index contributed by atoms with van der Waals surface area (Å²) in [7, 11) is 1.73. The van der Waals surface area contributed by atoms with E-state index in [9.17, 15) is 9.90 Å². The van der Waals surface area contributed by atoms with E-state index < -0.39 is 0 Å². The Kier molecular flexibility index (Phi) is 3.12. The summed E-state index contributed by atoms with van der Waals surface area (Å²) in [4.78, 5) is 11.2. The number of nitrogens with zero attached hydrogens (tertiary/aromatic N) is 1. The van der Waals surface area contributed by atoms with Crippen LogP contribution in [-0.2, 0) is 13.5 Å². The first-order valence-corrected chi connectivity index (χ1v) is 4.54. The first-order chi connectivity index (χ1) is 6.15. The average Bonchev–Trinajstić information content (AvgIpc) is 2.09. The molecule has 0 bridgehead atoms. The molecule has 1 aromatic rings. The molecule has 13 heavy (non-hydrogen) atoms. The van der Waals surface area contributed by atoms with E-state index in [1.165, 1.54) is 6.07 Å². The molecule has 72 valence electrons. The van der Waals surface area contributed by atoms with Gasteiger partial charge in [0.2, 0.25) is 0 Å². The van der Waals surface area contributed by atoms with Gasteiger partial charge in [-0.15, -0.1) is 0 Å². The topological polar surface area (TPSA) is 42.2 Å². The lowest BCUT2D eigenvalue weighted by Gasteiger charge is -2.07. The van der Waals surface area contributed by atoms with Crippen molar-refractivity contribution in [2.45, 2.75) is 26.2 Å². The lowest BCUT2D eigenvalue weighted by atomic mass is 10.2. The van der Waals surface area contributed by atoms with Crippen LogP contribution in [0.4, 0.5) is 0 Å². The number of aryl methyl sites for hydroxylation is 1. The van der Waals surface area contributed by atoms with E-state index in [0.717, 1.165) is 25.0 Å². The molecule has 0 saturated carbocycles. The first-order valence-electron chi connectivity index (χ1n) is 4.54. The molecule has 1 N–H and O–H groups in total. The molecule has 3 heteroatoms. The fourth-order valence-electron chi connectivity index (χ4n) is 1.27. The van der Waals surface area contributed by atoms with Crippen LogP contribution in [0.25, 0.3) is 0 Å². The van der Waals surface area contributed by atoms with Crippen molar-refractivity contribution in [3.8, 4) is 5.75 Å². The highest BCUT2D eigenvalue weighted by atomic mass is 16.3. The van der Waals surface area contributed by atoms with Gasteiger partial charge >= 0.3 is 0 Å². The van der Waals surface area contributed by atoms with Gasteiger partial charge in [-0.2, -0.15) is 0 Å². The average molecular weight is 181 g/mol. The van der Waals surface area contributed by atoms with Crippen LogP contribution in [0, 0.1) is 0 Å². The normalized spacial score (nSPS) is 10.3. The summed E-state index contributed by atoms with van der Waals surface area (Å²) in [6.07, 6.45) is 2.97. The molecule has 0 aliphatic heterocycles. The van der Waals surface area contributed by atoms with Gasteiger partial charge in [0.1, 0.15) is 5.75 Å². The van der Waals surface area contributed by atoms with E-state index in [1.54, 1.807) is 17.7 Å². The number of aromatic hydroxyl groups is 1. The van der Waals surface area contributed by atoms with E-state index in [0.29, 0.717) is 0 Å². The van der Waals surface area contributed by atoms with Crippen molar-refractivity contribution in [1.29, 1.82) is 0 Å². The minimum absolute atomic E-state index is 0.0641. The standard InChI is InChI=1S/C10H15NO2/c1-3-4-5-8-6-9(12)7-10(13)11(8)2/h6-7,12H,3-5H2,1-2H3. The Morgan fingerprint density at radius 1 is 1.46 bits per heavy atom. The maximum absolute atomic E-state index is 11.2. The van der Waals surface area contributed by atoms with Crippen LogP contribution in [-0.4, -0.2) is 9.67 Å². The van der Waals surface area contributed by atoms with Crippen molar-refractivity contribution < 1.29 is 5.11 Å². The van der Waals surface area contributed by atoms with Crippen molar-refractivity contribution in [2.24, 2.45) is 7.05 Å². The molecule has 1 aromatic heterocycles. The highest BCUT2D eigenvalue weighted by Gasteiger charge is 2.01. The van der Waals surface area contributed by atoms with Crippen molar-refractivity contribution in [2.75, 3.05) is 0 Å². The quantitative estimate of drug-likeness (QED) is 0.766. The maximum atomic E-state index is 11.2. The molecule has 0 atom stereocenters. The summed E-state index contributed by atoms with van der Waals surface area (Å²) in [6.45, 7) is 2.10. The predicted molar refractivity (Wildman–Crippen MR) is 52.0 cm³/mol. The molecule has 1 heterocycles. The Bertz CT molecular complexity index is 341. The molecular weight excluding hydrogens is 166 g/mol. The summed E-state index contributed by atoms with van der Waals surface area (Å²) in [5, 5.41) is 9.20. The third kappa shape index (κ3) is 2.34. The lowest BCUT2D eigenvalue weighted by molar-refractivity contribution is 0.469. The summed E-state index contributed by atoms with van der Waals surface area (Å²) in [5.41, 5.74) is 0.748. The number of rotatable bonds is 3. The van der Waals surface area contributed by atoms with Crippen LogP contribution in [0.3, 0.4) is 0 Å². The van der Waals surface area contributed by atoms with Crippen molar-refractivity contribution in [3.63, 3.8) is 0 Å². The second-order valence-corrected chi connectivity index (χ2v) is 3.21. The van der Waals surface area contributed by atoms with Crippen LogP contribution < -0.4 is 5.56 Å². The summed E-state index contributed by atoms with van der Waals surface area (Å²) in [5.74, 6) is 0.0641. The van der Waals surface area contributed by atoms with Gasteiger partial charge in [0.05, 0.1) is 0 Å². The van der Waals surface area contributed by atoms with Crippen LogP contribution in [0.1, 0.15) is 25.5 Å². The zero-order chi connectivity index (χ0) is 9.84. The molecule has 0 radical (unpaired) electrons. The van der Waals surface area contributed by atoms with Crippen LogP contribution in [0.2, 0.25) is 0 Å². The molecule has 0 aliphatic carbocycles.